The molecule has 0 spiro atoms. The van der Waals surface area contributed by atoms with Gasteiger partial charge in [-0.05, 0) is 19.3 Å². The van der Waals surface area contributed by atoms with E-state index in [2.05, 4.69) is 29.8 Å². The van der Waals surface area contributed by atoms with Crippen molar-refractivity contribution >= 4 is 23.7 Å². The van der Waals surface area contributed by atoms with Crippen molar-refractivity contribution in [2.75, 3.05) is 39.6 Å². The maximum absolute atomic E-state index is 13.8. The quantitative estimate of drug-likeness (QED) is 0.0209. The first-order valence-corrected chi connectivity index (χ1v) is 36.1. The van der Waals surface area contributed by atoms with Crippen molar-refractivity contribution in [1.29, 1.82) is 0 Å². The summed E-state index contributed by atoms with van der Waals surface area (Å²) in [5, 5.41) is 196. The molecule has 5 aliphatic heterocycles. The van der Waals surface area contributed by atoms with Crippen LogP contribution in [0, 0.1) is 0 Å². The van der Waals surface area contributed by atoms with Crippen molar-refractivity contribution in [2.45, 2.75) is 347 Å². The van der Waals surface area contributed by atoms with Crippen LogP contribution in [0.3, 0.4) is 0 Å². The van der Waals surface area contributed by atoms with Gasteiger partial charge in [-0.25, -0.2) is 4.79 Å². The molecule has 0 radical (unpaired) electrons. The van der Waals surface area contributed by atoms with Crippen LogP contribution >= 0.6 is 0 Å². The number of carbonyl (C=O) groups is 4. The number of aliphatic hydroxyl groups excluding tert-OH is 16. The van der Waals surface area contributed by atoms with Crippen molar-refractivity contribution in [3.05, 3.63) is 12.2 Å². The predicted octanol–water partition coefficient (Wildman–Crippen LogP) is -3.38. The Morgan fingerprint density at radius 1 is 0.515 bits per heavy atom. The smallest absolute Gasteiger partial charge is 0.364 e. The molecule has 3 amide bonds. The second-order valence-corrected chi connectivity index (χ2v) is 27.2. The van der Waals surface area contributed by atoms with Gasteiger partial charge in [0.15, 0.2) is 25.2 Å². The fourth-order valence-electron chi connectivity index (χ4n) is 13.3. The van der Waals surface area contributed by atoms with Gasteiger partial charge in [0.25, 0.3) is 5.79 Å². The molecule has 101 heavy (non-hydrogen) atoms. The van der Waals surface area contributed by atoms with Gasteiger partial charge in [0.05, 0.1) is 63.9 Å². The summed E-state index contributed by atoms with van der Waals surface area (Å²) in [6.07, 6.45) is -24.7. The van der Waals surface area contributed by atoms with E-state index >= 15 is 0 Å². The lowest BCUT2D eigenvalue weighted by Crippen LogP contribution is -2.72. The molecular formula is C67H119N3O31. The van der Waals surface area contributed by atoms with Crippen LogP contribution in [0.2, 0.25) is 0 Å². The molecule has 0 aromatic heterocycles. The summed E-state index contributed by atoms with van der Waals surface area (Å²) in [6, 6.07) is -4.80. The lowest BCUT2D eigenvalue weighted by atomic mass is 9.88. The number of carboxylic acids is 1. The molecule has 5 rings (SSSR count). The van der Waals surface area contributed by atoms with Gasteiger partial charge in [-0.15, -0.1) is 0 Å². The molecule has 588 valence electrons. The maximum atomic E-state index is 13.8. The number of aliphatic hydroxyl groups is 16. The maximum Gasteiger partial charge on any atom is 0.364 e. The zero-order valence-corrected chi connectivity index (χ0v) is 58.6. The van der Waals surface area contributed by atoms with Crippen LogP contribution in [0.5, 0.6) is 0 Å². The van der Waals surface area contributed by atoms with Crippen LogP contribution in [0.15, 0.2) is 12.2 Å². The molecule has 0 bridgehead atoms. The fraction of sp³-hybridized carbons (Fsp3) is 0.910. The van der Waals surface area contributed by atoms with Crippen LogP contribution in [-0.4, -0.2) is 321 Å². The summed E-state index contributed by atoms with van der Waals surface area (Å²) in [5.41, 5.74) is 0. The lowest BCUT2D eigenvalue weighted by Gasteiger charge is -2.52. The van der Waals surface area contributed by atoms with Gasteiger partial charge in [-0.3, -0.25) is 14.4 Å². The molecule has 5 saturated heterocycles. The number of hydrogen-bond donors (Lipinski definition) is 20. The van der Waals surface area contributed by atoms with Gasteiger partial charge >= 0.3 is 5.97 Å². The van der Waals surface area contributed by atoms with Crippen LogP contribution < -0.4 is 16.0 Å². The van der Waals surface area contributed by atoms with Gasteiger partial charge in [-0.1, -0.05) is 142 Å². The van der Waals surface area contributed by atoms with Gasteiger partial charge in [0.1, 0.15) is 116 Å². The summed E-state index contributed by atoms with van der Waals surface area (Å²) in [6.45, 7) is 0.243. The van der Waals surface area contributed by atoms with Crippen molar-refractivity contribution < 1.29 is 153 Å². The number of carboxylic acid groups (broad SMARTS) is 1. The van der Waals surface area contributed by atoms with Crippen LogP contribution in [-0.2, 0) is 66.5 Å². The fourth-order valence-corrected chi connectivity index (χ4v) is 13.3. The van der Waals surface area contributed by atoms with Crippen molar-refractivity contribution in [2.24, 2.45) is 0 Å². The third-order valence-corrected chi connectivity index (χ3v) is 19.1. The number of hydrogen-bond acceptors (Lipinski definition) is 30. The molecule has 20 N–H and O–H groups in total. The van der Waals surface area contributed by atoms with Crippen LogP contribution in [0.25, 0.3) is 0 Å². The predicted molar refractivity (Wildman–Crippen MR) is 351 cm³/mol. The van der Waals surface area contributed by atoms with Crippen LogP contribution in [0.4, 0.5) is 0 Å². The molecule has 5 fully saturated rings. The first kappa shape index (κ1) is 88.2. The number of aliphatic carboxylic acids is 1. The Hall–Kier alpha value is -3.42. The van der Waals surface area contributed by atoms with E-state index in [0.717, 1.165) is 78.1 Å². The molecular weight excluding hydrogens is 1340 g/mol. The average molecular weight is 1460 g/mol. The standard InChI is InChI=1S/C67H119N3O31/c1-5-7-9-11-13-15-16-17-18-20-21-23-25-27-39(78)38(70-46(81)28-26-24-22-19-14-12-10-8-6-2)35-92-63-55(88)53(86)57(44(33-74)95-63)97-65-56(89)61(101-67(66(90)91)29-40(79)47(68-36(3)76)60(100-67)49(82)41(80)30-71)58(45(34-75)96-65)98-62-48(69-37(4)77)59(51(84)43(32-73)93-62)99-64-54(87)52(85)50(83)42(31-72)94-64/h25,27,38-45,47-65,71-75,78-80,82-89H,5-24,26,28-35H2,1-4H3,(H,68,76)(H,69,77)(H,70,81)(H,90,91)/b27-25+/t38-,39+,40-,41-,42?,43?,44?,45?,47-,48?,49-,50-,51-,52?,53?,54?,55?,56?,57+,58-,59?,60?,61?,62-,63+,64-,65-,67+/m0/s1. The van der Waals surface area contributed by atoms with Crippen molar-refractivity contribution in [3.8, 4) is 0 Å². The topological polar surface area (TPSA) is 541 Å². The van der Waals surface area contributed by atoms with Gasteiger partial charge in [-0.2, -0.15) is 0 Å². The molecule has 0 aromatic rings. The summed E-state index contributed by atoms with van der Waals surface area (Å²) in [4.78, 5) is 52.8. The van der Waals surface area contributed by atoms with E-state index in [-0.39, 0.29) is 6.42 Å². The van der Waals surface area contributed by atoms with E-state index in [9.17, 15) is 106 Å². The van der Waals surface area contributed by atoms with E-state index < -0.39 is 241 Å². The Balaban J connectivity index is 1.44. The molecule has 28 atom stereocenters. The molecule has 0 aliphatic carbocycles. The SMILES string of the molecule is CCCCCCCCCCCCC/C=C/[C@@H](O)[C@H](CO[C@@H]1OC(CO)[C@@H](O[C@@H]2OC(CO)[C@H](O[C@@H]3OC(CO)[C@H](O)C(O[C@@H]4OC(CO)[C@H](O)C(O)C4O)C3NC(C)=O)C(O[C@@]3(C(=O)O)C[C@H](O)[C@H](NC(C)=O)C([C@@H](O)[C@@H](O)CO)O3)C2O)C(O)C1O)NC(=O)CCCCCCCCCCC. The Labute approximate surface area is 589 Å². The van der Waals surface area contributed by atoms with E-state index in [4.69, 9.17) is 47.4 Å². The van der Waals surface area contributed by atoms with E-state index in [1.807, 2.05) is 0 Å². The highest BCUT2D eigenvalue weighted by Crippen LogP contribution is 2.41. The average Bonchev–Trinajstić information content (AvgIpc) is 0.752. The largest absolute Gasteiger partial charge is 0.477 e. The van der Waals surface area contributed by atoms with Crippen molar-refractivity contribution in [3.63, 3.8) is 0 Å². The Bertz CT molecular complexity index is 2390. The van der Waals surface area contributed by atoms with E-state index in [1.165, 1.54) is 63.9 Å². The highest BCUT2D eigenvalue weighted by molar-refractivity contribution is 5.77. The number of ether oxygens (including phenoxy) is 10. The molecule has 34 heteroatoms. The first-order chi connectivity index (χ1) is 48.3. The number of amides is 3. The van der Waals surface area contributed by atoms with E-state index in [0.29, 0.717) is 12.8 Å². The number of nitrogens with one attached hydrogen (secondary N) is 3. The first-order valence-electron chi connectivity index (χ1n) is 36.1. The summed E-state index contributed by atoms with van der Waals surface area (Å²) < 4.78 is 59.9. The molecule has 34 nitrogen and oxygen atoms in total. The number of allylic oxidation sites excluding steroid dienone is 1. The third kappa shape index (κ3) is 25.9. The van der Waals surface area contributed by atoms with Gasteiger partial charge < -0.3 is 150 Å². The second kappa shape index (κ2) is 45.3. The minimum Gasteiger partial charge on any atom is -0.477 e. The van der Waals surface area contributed by atoms with Gasteiger partial charge in [0, 0.05) is 26.7 Å². The van der Waals surface area contributed by atoms with E-state index in [1.54, 1.807) is 6.08 Å². The highest BCUT2D eigenvalue weighted by atomic mass is 16.8. The lowest BCUT2D eigenvalue weighted by molar-refractivity contribution is -0.403. The number of unbranched alkanes of at least 4 members (excludes halogenated alkanes) is 19. The Morgan fingerprint density at radius 2 is 0.980 bits per heavy atom. The molecule has 5 aliphatic rings. The van der Waals surface area contributed by atoms with Crippen molar-refractivity contribution in [1.82, 2.24) is 16.0 Å². The number of carbonyl (C=O) groups excluding carboxylic acids is 3. The third-order valence-electron chi connectivity index (χ3n) is 19.1. The summed E-state index contributed by atoms with van der Waals surface area (Å²) in [7, 11) is 0. The minimum atomic E-state index is -3.38. The zero-order valence-electron chi connectivity index (χ0n) is 58.6. The summed E-state index contributed by atoms with van der Waals surface area (Å²) >= 11 is 0. The minimum absolute atomic E-state index is 0.132. The molecule has 0 saturated carbocycles. The highest BCUT2D eigenvalue weighted by Gasteiger charge is 2.62. The molecule has 5 heterocycles. The Morgan fingerprint density at radius 3 is 1.52 bits per heavy atom. The summed E-state index contributed by atoms with van der Waals surface area (Å²) in [5.74, 6) is -7.72. The normalized spacial score (nSPS) is 35.9. The van der Waals surface area contributed by atoms with Crippen LogP contribution in [0.1, 0.15) is 175 Å². The Kier molecular flexibility index (Phi) is 39.6. The second-order valence-electron chi connectivity index (χ2n) is 27.2. The molecule has 0 aromatic carbocycles. The monoisotopic (exact) mass is 1460 g/mol. The number of rotatable bonds is 46. The molecule has 13 unspecified atom stereocenters. The van der Waals surface area contributed by atoms with Gasteiger partial charge in [0.2, 0.25) is 17.7 Å². The zero-order chi connectivity index (χ0) is 74.5.